The van der Waals surface area contributed by atoms with Crippen LogP contribution in [-0.4, -0.2) is 61.3 Å². The summed E-state index contributed by atoms with van der Waals surface area (Å²) in [6.07, 6.45) is 10.1. The predicted molar refractivity (Wildman–Crippen MR) is 241 cm³/mol. The average Bonchev–Trinajstić information content (AvgIpc) is 3.27. The Morgan fingerprint density at radius 3 is 1.82 bits per heavy atom. The molecule has 336 valence electrons. The van der Waals surface area contributed by atoms with E-state index in [1.54, 1.807) is 12.1 Å². The second kappa shape index (κ2) is 26.6. The zero-order valence-corrected chi connectivity index (χ0v) is 36.6. The van der Waals surface area contributed by atoms with Gasteiger partial charge in [0.25, 0.3) is 5.69 Å². The predicted octanol–water partition coefficient (Wildman–Crippen LogP) is 11.1. The highest BCUT2D eigenvalue weighted by atomic mass is 16.6. The van der Waals surface area contributed by atoms with E-state index < -0.39 is 33.2 Å². The molecule has 0 aliphatic heterocycles. The molecule has 0 saturated heterocycles. The number of hydrogen-bond donors (Lipinski definition) is 2. The number of carbonyl (C=O) groups is 2. The second-order valence-electron chi connectivity index (χ2n) is 14.6. The van der Waals surface area contributed by atoms with Crippen molar-refractivity contribution in [1.29, 1.82) is 0 Å². The van der Waals surface area contributed by atoms with Gasteiger partial charge in [-0.05, 0) is 61.4 Å². The molecule has 0 fully saturated rings. The highest BCUT2D eigenvalue weighted by Crippen LogP contribution is 2.41. The molecule has 0 amide bonds. The number of carbonyl (C=O) groups excluding carboxylic acids is 2. The Balaban J connectivity index is 2.06. The van der Waals surface area contributed by atoms with Crippen LogP contribution in [0.5, 0.6) is 11.5 Å². The van der Waals surface area contributed by atoms with Crippen molar-refractivity contribution >= 4 is 51.8 Å². The molecule has 3 aromatic rings. The maximum Gasteiger partial charge on any atom is 0.330 e. The van der Waals surface area contributed by atoms with Crippen LogP contribution in [0, 0.1) is 39.0 Å². The molecule has 0 aromatic heterocycles. The number of nitro benzene ring substituents is 2. The number of nitro groups is 2. The van der Waals surface area contributed by atoms with Gasteiger partial charge in [-0.1, -0.05) is 79.4 Å². The lowest BCUT2D eigenvalue weighted by Gasteiger charge is -2.26. The molecule has 0 heterocycles. The van der Waals surface area contributed by atoms with E-state index in [-0.39, 0.29) is 36.4 Å². The zero-order valence-electron chi connectivity index (χ0n) is 36.6. The molecular weight excluding hydrogens is 799 g/mol. The number of ether oxygens (including phenoxy) is 4. The van der Waals surface area contributed by atoms with E-state index in [0.717, 1.165) is 92.6 Å². The molecular formula is C45H61N7O10. The lowest BCUT2D eigenvalue weighted by Crippen LogP contribution is -2.32. The standard InChI is InChI=1S/C45H61N7O10/c1-8-14-16-33(10-3)30-61-42-29-40(49-47-38-21-19-36(51(55)56)27-41(38)52(57)58)43(62-31-34(11-4)17-15-9-2)28-39(42)48-46-37-20-18-35(26-32(37)7)50(22-24-59-44(53)12-5)23-25-60-45(54)13-6/h12-13,18-21,26-29,33-34,46,48H,5-6,8-11,14-17,22-25,30-31H2,1-4,7H3/b49-47+. The van der Waals surface area contributed by atoms with Gasteiger partial charge in [0.1, 0.15) is 30.4 Å². The van der Waals surface area contributed by atoms with Crippen LogP contribution >= 0.6 is 0 Å². The van der Waals surface area contributed by atoms with E-state index in [0.29, 0.717) is 43.5 Å². The largest absolute Gasteiger partial charge is 0.491 e. The molecule has 17 heteroatoms. The molecule has 0 aliphatic carbocycles. The maximum atomic E-state index is 11.9. The number of benzene rings is 3. The average molecular weight is 860 g/mol. The number of azo groups is 1. The maximum absolute atomic E-state index is 11.9. The first kappa shape index (κ1) is 49.8. The van der Waals surface area contributed by atoms with E-state index >= 15 is 0 Å². The molecule has 3 aromatic carbocycles. The number of rotatable bonds is 30. The summed E-state index contributed by atoms with van der Waals surface area (Å²) in [7, 11) is 0. The summed E-state index contributed by atoms with van der Waals surface area (Å²) in [5, 5.41) is 31.9. The van der Waals surface area contributed by atoms with Crippen LogP contribution in [0.25, 0.3) is 0 Å². The Morgan fingerprint density at radius 1 is 0.742 bits per heavy atom. The van der Waals surface area contributed by atoms with Gasteiger partial charge in [0.05, 0.1) is 53.6 Å². The van der Waals surface area contributed by atoms with Gasteiger partial charge in [-0.15, -0.1) is 10.2 Å². The van der Waals surface area contributed by atoms with Crippen LogP contribution in [0.3, 0.4) is 0 Å². The van der Waals surface area contributed by atoms with Gasteiger partial charge in [-0.3, -0.25) is 25.7 Å². The van der Waals surface area contributed by atoms with Crippen LogP contribution in [0.4, 0.5) is 39.8 Å². The van der Waals surface area contributed by atoms with E-state index in [1.807, 2.05) is 30.0 Å². The van der Waals surface area contributed by atoms with Gasteiger partial charge < -0.3 is 29.3 Å². The monoisotopic (exact) mass is 859 g/mol. The summed E-state index contributed by atoms with van der Waals surface area (Å²) in [5.41, 5.74) is 8.60. The lowest BCUT2D eigenvalue weighted by molar-refractivity contribution is -0.393. The van der Waals surface area contributed by atoms with Crippen molar-refractivity contribution in [2.75, 3.05) is 55.3 Å². The van der Waals surface area contributed by atoms with Crippen LogP contribution in [-0.2, 0) is 19.1 Å². The summed E-state index contributed by atoms with van der Waals surface area (Å²) in [6, 6.07) is 12.3. The minimum absolute atomic E-state index is 0.0866. The van der Waals surface area contributed by atoms with E-state index in [1.165, 1.54) is 6.07 Å². The second-order valence-corrected chi connectivity index (χ2v) is 14.6. The third kappa shape index (κ3) is 16.2. The third-order valence-electron chi connectivity index (χ3n) is 10.2. The van der Waals surface area contributed by atoms with Crippen molar-refractivity contribution in [3.8, 4) is 11.5 Å². The SMILES string of the molecule is C=CC(=O)OCCN(CCOC(=O)C=C)c1ccc(NNc2cc(OCC(CC)CCCC)c(/N=N/c3ccc([N+](=O)[O-])cc3[N+](=O)[O-])cc2OCC(CC)CCCC)c(C)c1. The molecule has 62 heavy (non-hydrogen) atoms. The fraction of sp³-hybridized carbons (Fsp3) is 0.467. The van der Waals surface area contributed by atoms with Crippen molar-refractivity contribution in [3.63, 3.8) is 0 Å². The number of esters is 2. The molecule has 3 rings (SSSR count). The minimum Gasteiger partial charge on any atom is -0.491 e. The number of anilines is 3. The number of unbranched alkanes of at least 4 members (excludes halogenated alkanes) is 2. The highest BCUT2D eigenvalue weighted by molar-refractivity contribution is 5.81. The van der Waals surface area contributed by atoms with Gasteiger partial charge in [-0.25, -0.2) is 9.59 Å². The highest BCUT2D eigenvalue weighted by Gasteiger charge is 2.21. The molecule has 0 aliphatic rings. The van der Waals surface area contributed by atoms with Gasteiger partial charge in [0.2, 0.25) is 0 Å². The van der Waals surface area contributed by atoms with E-state index in [4.69, 9.17) is 18.9 Å². The van der Waals surface area contributed by atoms with Crippen molar-refractivity contribution < 1.29 is 38.4 Å². The molecule has 2 unspecified atom stereocenters. The van der Waals surface area contributed by atoms with Gasteiger partial charge >= 0.3 is 17.6 Å². The summed E-state index contributed by atoms with van der Waals surface area (Å²) < 4.78 is 23.4. The smallest absolute Gasteiger partial charge is 0.330 e. The van der Waals surface area contributed by atoms with Crippen molar-refractivity contribution in [1.82, 2.24) is 0 Å². The van der Waals surface area contributed by atoms with Gasteiger partial charge in [0.15, 0.2) is 5.69 Å². The van der Waals surface area contributed by atoms with E-state index in [2.05, 4.69) is 61.9 Å². The molecule has 2 atom stereocenters. The first-order valence-electron chi connectivity index (χ1n) is 21.1. The Bertz CT molecular complexity index is 1980. The number of hydrazine groups is 1. The molecule has 2 N–H and O–H groups in total. The number of hydrogen-bond acceptors (Lipinski definition) is 15. The topological polar surface area (TPSA) is 209 Å². The minimum atomic E-state index is -0.735. The Morgan fingerprint density at radius 2 is 1.31 bits per heavy atom. The van der Waals surface area contributed by atoms with Crippen molar-refractivity contribution in [3.05, 3.63) is 99.6 Å². The third-order valence-corrected chi connectivity index (χ3v) is 10.2. The number of non-ortho nitro benzene ring substituents is 1. The molecule has 0 spiro atoms. The molecule has 0 bridgehead atoms. The Hall–Kier alpha value is -6.52. The first-order chi connectivity index (χ1) is 29.9. The van der Waals surface area contributed by atoms with Gasteiger partial charge in [-0.2, -0.15) is 0 Å². The van der Waals surface area contributed by atoms with Crippen LogP contribution in [0.15, 0.2) is 84.1 Å². The molecule has 0 radical (unpaired) electrons. The quantitative estimate of drug-likeness (QED) is 0.0210. The normalized spacial score (nSPS) is 11.9. The summed E-state index contributed by atoms with van der Waals surface area (Å²) in [6.45, 7) is 18.9. The van der Waals surface area contributed by atoms with Crippen LogP contribution in [0.1, 0.15) is 84.6 Å². The fourth-order valence-electron chi connectivity index (χ4n) is 6.26. The number of aryl methyl sites for hydroxylation is 1. The van der Waals surface area contributed by atoms with E-state index in [9.17, 15) is 29.8 Å². The zero-order chi connectivity index (χ0) is 45.4. The summed E-state index contributed by atoms with van der Waals surface area (Å²) in [5.74, 6) is 0.224. The van der Waals surface area contributed by atoms with Crippen LogP contribution < -0.4 is 25.2 Å². The lowest BCUT2D eigenvalue weighted by atomic mass is 10.0. The van der Waals surface area contributed by atoms with Crippen molar-refractivity contribution in [2.24, 2.45) is 22.1 Å². The van der Waals surface area contributed by atoms with Crippen molar-refractivity contribution in [2.45, 2.75) is 86.0 Å². The number of nitrogens with one attached hydrogen (secondary N) is 2. The summed E-state index contributed by atoms with van der Waals surface area (Å²) >= 11 is 0. The molecule has 17 nitrogen and oxygen atoms in total. The molecule has 0 saturated carbocycles. The fourth-order valence-corrected chi connectivity index (χ4v) is 6.26. The van der Waals surface area contributed by atoms with Gasteiger partial charge in [0, 0.05) is 36.0 Å². The Labute approximate surface area is 363 Å². The first-order valence-corrected chi connectivity index (χ1v) is 21.1. The Kier molecular flexibility index (Phi) is 21.4. The summed E-state index contributed by atoms with van der Waals surface area (Å²) in [4.78, 5) is 47.2. The number of nitrogens with zero attached hydrogens (tertiary/aromatic N) is 5. The van der Waals surface area contributed by atoms with Crippen LogP contribution in [0.2, 0.25) is 0 Å².